The fourth-order valence-corrected chi connectivity index (χ4v) is 6.80. The first-order chi connectivity index (χ1) is 18.8. The number of Topliss-reactive ketones (excluding diaryl/α,β-unsaturated/α-hetero) is 3. The van der Waals surface area contributed by atoms with Crippen LogP contribution in [0.15, 0.2) is 29.0 Å². The molecule has 1 heterocycles. The van der Waals surface area contributed by atoms with E-state index in [1.54, 1.807) is 14.1 Å². The Morgan fingerprint density at radius 3 is 2.35 bits per heavy atom. The minimum Gasteiger partial charge on any atom is -0.508 e. The number of hydrogen-bond donors (Lipinski definition) is 5. The van der Waals surface area contributed by atoms with Crippen LogP contribution in [0.4, 0.5) is 0 Å². The van der Waals surface area contributed by atoms with E-state index >= 15 is 0 Å². The highest BCUT2D eigenvalue weighted by Crippen LogP contribution is 2.53. The largest absolute Gasteiger partial charge is 0.508 e. The number of phenols is 1. The molecule has 1 saturated heterocycles. The van der Waals surface area contributed by atoms with Gasteiger partial charge in [0.15, 0.2) is 17.2 Å². The number of phenolic OH excluding ortho intramolecular Hbond substituents is 1. The Morgan fingerprint density at radius 2 is 1.75 bits per heavy atom. The Hall–Kier alpha value is -3.58. The number of ketones is 3. The molecule has 6 N–H and O–H groups in total. The molecule has 214 valence electrons. The Morgan fingerprint density at radius 1 is 1.10 bits per heavy atom. The first-order valence-corrected chi connectivity index (χ1v) is 13.2. The lowest BCUT2D eigenvalue weighted by Crippen LogP contribution is -2.65. The number of aliphatic hydroxyl groups is 3. The van der Waals surface area contributed by atoms with Crippen LogP contribution in [-0.2, 0) is 20.8 Å². The van der Waals surface area contributed by atoms with Crippen molar-refractivity contribution in [3.8, 4) is 5.75 Å². The minimum absolute atomic E-state index is 0.0342. The fourth-order valence-electron chi connectivity index (χ4n) is 6.80. The van der Waals surface area contributed by atoms with Gasteiger partial charge in [-0.25, -0.2) is 0 Å². The van der Waals surface area contributed by atoms with Crippen molar-refractivity contribution in [3.63, 3.8) is 0 Å². The highest BCUT2D eigenvalue weighted by Gasteiger charge is 2.64. The van der Waals surface area contributed by atoms with Crippen LogP contribution in [0.25, 0.3) is 5.76 Å². The third kappa shape index (κ3) is 4.05. The molecule has 4 aliphatic rings. The van der Waals surface area contributed by atoms with Crippen molar-refractivity contribution >= 4 is 29.0 Å². The second-order valence-corrected chi connectivity index (χ2v) is 11.4. The number of amides is 1. The molecule has 0 radical (unpaired) electrons. The number of fused-ring (bicyclic) bond motifs is 3. The minimum atomic E-state index is -2.70. The van der Waals surface area contributed by atoms with E-state index in [0.29, 0.717) is 11.1 Å². The molecule has 1 aromatic carbocycles. The van der Waals surface area contributed by atoms with Crippen molar-refractivity contribution in [2.24, 2.45) is 17.6 Å². The molecule has 12 heteroatoms. The Kier molecular flexibility index (Phi) is 6.86. The Bertz CT molecular complexity index is 1390. The summed E-state index contributed by atoms with van der Waals surface area (Å²) in [6.45, 7) is 3.25. The number of benzene rings is 1. The molecular weight excluding hydrogens is 520 g/mol. The molecule has 0 aromatic heterocycles. The highest BCUT2D eigenvalue weighted by atomic mass is 16.3. The van der Waals surface area contributed by atoms with Gasteiger partial charge in [0.05, 0.1) is 18.2 Å². The molecule has 1 aliphatic heterocycles. The number of nitrogens with two attached hydrogens (primary N) is 1. The van der Waals surface area contributed by atoms with Crippen LogP contribution < -0.4 is 5.73 Å². The van der Waals surface area contributed by atoms with Gasteiger partial charge >= 0.3 is 0 Å². The lowest BCUT2D eigenvalue weighted by Gasteiger charge is -2.50. The topological polar surface area (TPSA) is 185 Å². The molecule has 1 saturated carbocycles. The molecule has 40 heavy (non-hydrogen) atoms. The van der Waals surface area contributed by atoms with Gasteiger partial charge in [0.2, 0.25) is 5.78 Å². The number of carbonyl (C=O) groups is 4. The molecule has 1 aromatic rings. The Labute approximate surface area is 231 Å². The summed E-state index contributed by atoms with van der Waals surface area (Å²) in [5.41, 5.74) is 2.15. The van der Waals surface area contributed by atoms with E-state index in [0.717, 1.165) is 26.2 Å². The van der Waals surface area contributed by atoms with Crippen LogP contribution in [-0.4, -0.2) is 124 Å². The van der Waals surface area contributed by atoms with Gasteiger partial charge in [-0.1, -0.05) is 0 Å². The average molecular weight is 555 g/mol. The number of primary amides is 1. The SMILES string of the molecule is CN1CCN(CC(=O)c2ccc(O)c3c2C[C@H]2C[C@@H]4[C@@H](N(C)C)C(=O)C(C(N)=O)=C(O)[C@@]4(O)C(=O)C2=C3O)CC1. The molecule has 0 spiro atoms. The Balaban J connectivity index is 1.60. The predicted molar refractivity (Wildman–Crippen MR) is 143 cm³/mol. The summed E-state index contributed by atoms with van der Waals surface area (Å²) >= 11 is 0. The maximum Gasteiger partial charge on any atom is 0.255 e. The van der Waals surface area contributed by atoms with Crippen molar-refractivity contribution in [1.29, 1.82) is 0 Å². The third-order valence-electron chi connectivity index (χ3n) is 8.87. The monoisotopic (exact) mass is 554 g/mol. The molecular formula is C28H34N4O8. The maximum absolute atomic E-state index is 13.9. The zero-order valence-electron chi connectivity index (χ0n) is 22.7. The predicted octanol–water partition coefficient (Wildman–Crippen LogP) is -0.606. The molecule has 0 bridgehead atoms. The highest BCUT2D eigenvalue weighted by molar-refractivity contribution is 6.24. The van der Waals surface area contributed by atoms with Gasteiger partial charge in [-0.2, -0.15) is 0 Å². The van der Waals surface area contributed by atoms with Crippen LogP contribution in [0.2, 0.25) is 0 Å². The second-order valence-electron chi connectivity index (χ2n) is 11.4. The van der Waals surface area contributed by atoms with E-state index < -0.39 is 58.0 Å². The van der Waals surface area contributed by atoms with Crippen molar-refractivity contribution in [1.82, 2.24) is 14.7 Å². The molecule has 12 nitrogen and oxygen atoms in total. The van der Waals surface area contributed by atoms with Crippen LogP contribution in [0.3, 0.4) is 0 Å². The van der Waals surface area contributed by atoms with E-state index in [1.165, 1.54) is 17.0 Å². The van der Waals surface area contributed by atoms with E-state index in [-0.39, 0.29) is 42.1 Å². The number of piperazine rings is 1. The van der Waals surface area contributed by atoms with Crippen LogP contribution in [0, 0.1) is 11.8 Å². The van der Waals surface area contributed by atoms with Gasteiger partial charge in [-0.15, -0.1) is 0 Å². The maximum atomic E-state index is 13.9. The summed E-state index contributed by atoms with van der Waals surface area (Å²) in [4.78, 5) is 58.3. The molecule has 3 aliphatic carbocycles. The first kappa shape index (κ1) is 28.0. The number of carbonyl (C=O) groups excluding carboxylic acids is 4. The summed E-state index contributed by atoms with van der Waals surface area (Å²) in [6.07, 6.45) is 0.0419. The van der Waals surface area contributed by atoms with Gasteiger partial charge in [0, 0.05) is 43.2 Å². The summed E-state index contributed by atoms with van der Waals surface area (Å²) in [7, 11) is 5.10. The molecule has 0 unspecified atom stereocenters. The van der Waals surface area contributed by atoms with Crippen LogP contribution in [0.1, 0.15) is 27.9 Å². The molecule has 4 atom stereocenters. The zero-order valence-corrected chi connectivity index (χ0v) is 22.7. The lowest BCUT2D eigenvalue weighted by molar-refractivity contribution is -0.153. The number of nitrogens with zero attached hydrogens (tertiary/aromatic N) is 3. The quantitative estimate of drug-likeness (QED) is 0.231. The van der Waals surface area contributed by atoms with Gasteiger partial charge in [0.1, 0.15) is 22.8 Å². The first-order valence-electron chi connectivity index (χ1n) is 13.2. The smallest absolute Gasteiger partial charge is 0.255 e. The summed E-state index contributed by atoms with van der Waals surface area (Å²) in [5, 5.41) is 44.7. The normalized spacial score (nSPS) is 29.4. The fraction of sp³-hybridized carbons (Fsp3) is 0.500. The van der Waals surface area contributed by atoms with E-state index in [1.807, 2.05) is 11.9 Å². The zero-order chi connectivity index (χ0) is 29.3. The number of hydrogen-bond acceptors (Lipinski definition) is 11. The van der Waals surface area contributed by atoms with Crippen molar-refractivity contribution in [3.05, 3.63) is 45.7 Å². The summed E-state index contributed by atoms with van der Waals surface area (Å²) < 4.78 is 0. The summed E-state index contributed by atoms with van der Waals surface area (Å²) in [5.74, 6) is -7.38. The van der Waals surface area contributed by atoms with Crippen LogP contribution >= 0.6 is 0 Å². The second kappa shape index (κ2) is 9.81. The van der Waals surface area contributed by atoms with Gasteiger partial charge in [0.25, 0.3) is 5.91 Å². The number of likely N-dealkylation sites (N-methyl/N-ethyl adjacent to an activating group) is 2. The lowest BCUT2D eigenvalue weighted by atomic mass is 9.57. The standard InChI is InChI=1S/C28H34N4O8/c1-30(2)22-16-11-13-10-15-14(18(34)12-32-8-6-31(3)7-9-32)4-5-17(33)20(15)23(35)19(13)25(37)28(16,40)26(38)21(24(22)36)27(29)39/h4-5,13,16,22,33,35,38,40H,6-12H2,1-3H3,(H2,29,39)/t13-,16+,22+,28-/m0/s1. The van der Waals surface area contributed by atoms with Crippen molar-refractivity contribution < 1.29 is 39.6 Å². The van der Waals surface area contributed by atoms with Gasteiger partial charge in [-0.3, -0.25) is 29.0 Å². The van der Waals surface area contributed by atoms with Crippen LogP contribution in [0.5, 0.6) is 5.75 Å². The van der Waals surface area contributed by atoms with E-state index in [2.05, 4.69) is 4.90 Å². The van der Waals surface area contributed by atoms with Gasteiger partial charge < -0.3 is 31.1 Å². The molecule has 5 rings (SSSR count). The average Bonchev–Trinajstić information content (AvgIpc) is 2.87. The molecule has 1 amide bonds. The summed E-state index contributed by atoms with van der Waals surface area (Å²) in [6, 6.07) is 1.62. The molecule has 2 fully saturated rings. The van der Waals surface area contributed by atoms with E-state index in [4.69, 9.17) is 5.73 Å². The van der Waals surface area contributed by atoms with Crippen molar-refractivity contribution in [2.45, 2.75) is 24.5 Å². The third-order valence-corrected chi connectivity index (χ3v) is 8.87. The van der Waals surface area contributed by atoms with Crippen molar-refractivity contribution in [2.75, 3.05) is 53.9 Å². The number of rotatable bonds is 5. The number of aliphatic hydroxyl groups excluding tert-OH is 2. The van der Waals surface area contributed by atoms with E-state index in [9.17, 15) is 39.6 Å². The van der Waals surface area contributed by atoms with Gasteiger partial charge in [-0.05, 0) is 57.6 Å². The number of aromatic hydroxyl groups is 1.